The number of alkyl halides is 1. The van der Waals surface area contributed by atoms with Gasteiger partial charge in [0.05, 0.1) is 0 Å². The SMILES string of the molecule is N#Cc1ncccc1OCI. The minimum Gasteiger partial charge on any atom is -0.480 e. The number of aromatic nitrogens is 1. The molecule has 3 nitrogen and oxygen atoms in total. The maximum atomic E-state index is 8.55. The second-order valence-corrected chi connectivity index (χ2v) is 2.34. The summed E-state index contributed by atoms with van der Waals surface area (Å²) >= 11 is 2.06. The maximum absolute atomic E-state index is 8.55. The van der Waals surface area contributed by atoms with Gasteiger partial charge >= 0.3 is 0 Å². The summed E-state index contributed by atoms with van der Waals surface area (Å²) in [5.41, 5.74) is 0.337. The molecule has 0 fully saturated rings. The van der Waals surface area contributed by atoms with Gasteiger partial charge in [-0.1, -0.05) is 0 Å². The first-order valence-electron chi connectivity index (χ1n) is 2.92. The number of rotatable bonds is 2. The summed E-state index contributed by atoms with van der Waals surface area (Å²) in [7, 11) is 0. The molecule has 0 saturated heterocycles. The van der Waals surface area contributed by atoms with E-state index < -0.39 is 0 Å². The van der Waals surface area contributed by atoms with E-state index in [-0.39, 0.29) is 0 Å². The van der Waals surface area contributed by atoms with Crippen LogP contribution in [0.1, 0.15) is 5.69 Å². The van der Waals surface area contributed by atoms with Crippen molar-refractivity contribution in [1.82, 2.24) is 4.98 Å². The summed E-state index contributed by atoms with van der Waals surface area (Å²) in [5, 5.41) is 8.55. The second kappa shape index (κ2) is 4.13. The van der Waals surface area contributed by atoms with Gasteiger partial charge in [-0.3, -0.25) is 0 Å². The van der Waals surface area contributed by atoms with Gasteiger partial charge in [-0.2, -0.15) is 5.26 Å². The van der Waals surface area contributed by atoms with Gasteiger partial charge in [0.15, 0.2) is 11.4 Å². The molecule has 0 radical (unpaired) electrons. The average molecular weight is 260 g/mol. The average Bonchev–Trinajstić information content (AvgIpc) is 2.06. The first kappa shape index (κ1) is 8.27. The third-order valence-electron chi connectivity index (χ3n) is 1.09. The van der Waals surface area contributed by atoms with Crippen LogP contribution in [0.5, 0.6) is 5.75 Å². The highest BCUT2D eigenvalue weighted by molar-refractivity contribution is 14.1. The number of pyridine rings is 1. The van der Waals surface area contributed by atoms with Gasteiger partial charge < -0.3 is 4.74 Å². The molecule has 0 saturated carbocycles. The van der Waals surface area contributed by atoms with Crippen molar-refractivity contribution in [2.75, 3.05) is 4.61 Å². The van der Waals surface area contributed by atoms with Crippen molar-refractivity contribution >= 4 is 22.6 Å². The highest BCUT2D eigenvalue weighted by Gasteiger charge is 2.00. The summed E-state index contributed by atoms with van der Waals surface area (Å²) in [6.45, 7) is 0. The molecule has 0 aliphatic carbocycles. The molecule has 4 heteroatoms. The highest BCUT2D eigenvalue weighted by Crippen LogP contribution is 2.13. The maximum Gasteiger partial charge on any atom is 0.182 e. The largest absolute Gasteiger partial charge is 0.480 e. The van der Waals surface area contributed by atoms with Crippen LogP contribution >= 0.6 is 22.6 Å². The van der Waals surface area contributed by atoms with E-state index in [0.29, 0.717) is 16.1 Å². The molecule has 0 aromatic carbocycles. The van der Waals surface area contributed by atoms with Crippen molar-refractivity contribution in [2.24, 2.45) is 0 Å². The molecule has 0 bridgehead atoms. The smallest absolute Gasteiger partial charge is 0.182 e. The molecule has 1 aromatic rings. The second-order valence-electron chi connectivity index (χ2n) is 1.72. The predicted molar refractivity (Wildman–Crippen MR) is 48.5 cm³/mol. The van der Waals surface area contributed by atoms with Crippen molar-refractivity contribution in [3.05, 3.63) is 24.0 Å². The van der Waals surface area contributed by atoms with Gasteiger partial charge in [-0.25, -0.2) is 4.98 Å². The summed E-state index contributed by atoms with van der Waals surface area (Å²) in [4.78, 5) is 3.83. The zero-order valence-electron chi connectivity index (χ0n) is 5.62. The topological polar surface area (TPSA) is 45.9 Å². The zero-order valence-corrected chi connectivity index (χ0v) is 7.78. The van der Waals surface area contributed by atoms with Crippen molar-refractivity contribution in [3.8, 4) is 11.8 Å². The third kappa shape index (κ3) is 2.05. The summed E-state index contributed by atoms with van der Waals surface area (Å²) < 4.78 is 5.66. The molecule has 1 heterocycles. The minimum atomic E-state index is 0.337. The van der Waals surface area contributed by atoms with Crippen molar-refractivity contribution in [2.45, 2.75) is 0 Å². The molecule has 0 unspecified atom stereocenters. The van der Waals surface area contributed by atoms with Gasteiger partial charge in [0.25, 0.3) is 0 Å². The van der Waals surface area contributed by atoms with Gasteiger partial charge in [0.1, 0.15) is 10.7 Å². The van der Waals surface area contributed by atoms with E-state index in [1.807, 2.05) is 6.07 Å². The van der Waals surface area contributed by atoms with Crippen LogP contribution in [0.3, 0.4) is 0 Å². The molecule has 0 N–H and O–H groups in total. The number of halogens is 1. The fraction of sp³-hybridized carbons (Fsp3) is 0.143. The first-order valence-corrected chi connectivity index (χ1v) is 4.45. The molecule has 0 aliphatic rings. The van der Waals surface area contributed by atoms with E-state index in [1.54, 1.807) is 18.3 Å². The fourth-order valence-corrected chi connectivity index (χ4v) is 0.985. The molecule has 1 rings (SSSR count). The Balaban J connectivity index is 2.95. The Bertz CT molecular complexity index is 282. The van der Waals surface area contributed by atoms with Gasteiger partial charge in [0.2, 0.25) is 0 Å². The molecule has 56 valence electrons. The third-order valence-corrected chi connectivity index (χ3v) is 1.40. The van der Waals surface area contributed by atoms with Crippen molar-refractivity contribution in [3.63, 3.8) is 0 Å². The van der Waals surface area contributed by atoms with Crippen LogP contribution in [0.4, 0.5) is 0 Å². The van der Waals surface area contributed by atoms with E-state index in [1.165, 1.54) is 0 Å². The quantitative estimate of drug-likeness (QED) is 0.600. The molecular weight excluding hydrogens is 255 g/mol. The van der Waals surface area contributed by atoms with Gasteiger partial charge in [-0.05, 0) is 34.7 Å². The Kier molecular flexibility index (Phi) is 3.11. The number of ether oxygens (including phenoxy) is 1. The van der Waals surface area contributed by atoms with Crippen LogP contribution in [-0.2, 0) is 0 Å². The Morgan fingerprint density at radius 2 is 2.55 bits per heavy atom. The Hall–Kier alpha value is -0.830. The van der Waals surface area contributed by atoms with E-state index in [4.69, 9.17) is 10.00 Å². The Morgan fingerprint density at radius 1 is 1.73 bits per heavy atom. The molecule has 0 spiro atoms. The molecule has 1 aromatic heterocycles. The summed E-state index contributed by atoms with van der Waals surface area (Å²) in [6, 6.07) is 5.41. The van der Waals surface area contributed by atoms with Crippen LogP contribution in [0.2, 0.25) is 0 Å². The monoisotopic (exact) mass is 260 g/mol. The Labute approximate surface area is 78.1 Å². The van der Waals surface area contributed by atoms with Crippen LogP contribution in [-0.4, -0.2) is 9.60 Å². The standard InChI is InChI=1S/C7H5IN2O/c8-5-11-7-2-1-3-10-6(7)4-9/h1-3H,5H2. The number of hydrogen-bond acceptors (Lipinski definition) is 3. The van der Waals surface area contributed by atoms with Crippen LogP contribution in [0.15, 0.2) is 18.3 Å². The van der Waals surface area contributed by atoms with E-state index in [0.717, 1.165) is 0 Å². The van der Waals surface area contributed by atoms with Gasteiger partial charge in [-0.15, -0.1) is 0 Å². The normalized spacial score (nSPS) is 8.73. The fourth-order valence-electron chi connectivity index (χ4n) is 0.650. The van der Waals surface area contributed by atoms with E-state index in [2.05, 4.69) is 27.6 Å². The zero-order chi connectivity index (χ0) is 8.10. The predicted octanol–water partition coefficient (Wildman–Crippen LogP) is 1.72. The molecular formula is C7H5IN2O. The van der Waals surface area contributed by atoms with Crippen LogP contribution in [0.25, 0.3) is 0 Å². The van der Waals surface area contributed by atoms with Crippen LogP contribution in [0, 0.1) is 11.3 Å². The molecule has 0 atom stereocenters. The first-order chi connectivity index (χ1) is 5.38. The highest BCUT2D eigenvalue weighted by atomic mass is 127. The Morgan fingerprint density at radius 3 is 3.18 bits per heavy atom. The number of nitrogens with zero attached hydrogens (tertiary/aromatic N) is 2. The minimum absolute atomic E-state index is 0.337. The summed E-state index contributed by atoms with van der Waals surface area (Å²) in [6.07, 6.45) is 1.57. The molecule has 11 heavy (non-hydrogen) atoms. The van der Waals surface area contributed by atoms with Crippen molar-refractivity contribution < 1.29 is 4.74 Å². The molecule has 0 amide bonds. The lowest BCUT2D eigenvalue weighted by molar-refractivity contribution is 0.401. The number of nitriles is 1. The lowest BCUT2D eigenvalue weighted by atomic mass is 10.3. The van der Waals surface area contributed by atoms with Crippen molar-refractivity contribution in [1.29, 1.82) is 5.26 Å². The van der Waals surface area contributed by atoms with E-state index in [9.17, 15) is 0 Å². The lowest BCUT2D eigenvalue weighted by Gasteiger charge is -2.00. The number of hydrogen-bond donors (Lipinski definition) is 0. The van der Waals surface area contributed by atoms with E-state index >= 15 is 0 Å². The molecule has 0 aliphatic heterocycles. The lowest BCUT2D eigenvalue weighted by Crippen LogP contribution is -1.93. The van der Waals surface area contributed by atoms with Crippen LogP contribution < -0.4 is 4.74 Å². The van der Waals surface area contributed by atoms with Gasteiger partial charge in [0, 0.05) is 6.20 Å². The summed E-state index contributed by atoms with van der Waals surface area (Å²) in [5.74, 6) is 0.546.